The van der Waals surface area contributed by atoms with Gasteiger partial charge in [0.05, 0.1) is 0 Å². The van der Waals surface area contributed by atoms with Gasteiger partial charge >= 0.3 is 0 Å². The van der Waals surface area contributed by atoms with Crippen LogP contribution >= 0.6 is 0 Å². The van der Waals surface area contributed by atoms with Crippen molar-refractivity contribution >= 4 is 17.3 Å². The molecule has 1 N–H and O–H groups in total. The van der Waals surface area contributed by atoms with Gasteiger partial charge in [-0.1, -0.05) is 0 Å². The number of hydrogen-bond donors (Lipinski definition) is 1. The van der Waals surface area contributed by atoms with Gasteiger partial charge in [0.1, 0.15) is 6.54 Å². The number of rotatable bonds is 4. The van der Waals surface area contributed by atoms with Crippen molar-refractivity contribution < 1.29 is 4.79 Å². The minimum absolute atomic E-state index is 0.00285. The first-order valence-corrected chi connectivity index (χ1v) is 7.57. The molecule has 21 heavy (non-hydrogen) atoms. The van der Waals surface area contributed by atoms with Crippen molar-refractivity contribution in [2.75, 3.05) is 23.3 Å². The number of aromatic nitrogens is 1. The summed E-state index contributed by atoms with van der Waals surface area (Å²) in [7, 11) is 0. The molecule has 3 rings (SSSR count). The van der Waals surface area contributed by atoms with Crippen molar-refractivity contribution in [1.82, 2.24) is 4.57 Å². The van der Waals surface area contributed by atoms with Gasteiger partial charge < -0.3 is 14.8 Å². The van der Waals surface area contributed by atoms with Crippen LogP contribution in [0.15, 0.2) is 48.8 Å². The molecular weight excluding hydrogens is 262 g/mol. The number of benzene rings is 1. The van der Waals surface area contributed by atoms with Gasteiger partial charge in [0.15, 0.2) is 0 Å². The maximum absolute atomic E-state index is 11.9. The Hall–Kier alpha value is -2.23. The number of amides is 1. The van der Waals surface area contributed by atoms with E-state index in [9.17, 15) is 4.79 Å². The third kappa shape index (κ3) is 3.66. The normalized spacial score (nSPS) is 15.0. The summed E-state index contributed by atoms with van der Waals surface area (Å²) in [6.45, 7) is 2.62. The Morgan fingerprint density at radius 1 is 1.00 bits per heavy atom. The molecule has 1 fully saturated rings. The molecule has 1 aromatic carbocycles. The van der Waals surface area contributed by atoms with Crippen molar-refractivity contribution in [3.63, 3.8) is 0 Å². The highest BCUT2D eigenvalue weighted by molar-refractivity contribution is 5.90. The Kier molecular flexibility index (Phi) is 4.24. The van der Waals surface area contributed by atoms with E-state index in [0.29, 0.717) is 6.54 Å². The molecule has 1 aliphatic rings. The first-order valence-electron chi connectivity index (χ1n) is 7.57. The van der Waals surface area contributed by atoms with E-state index in [-0.39, 0.29) is 5.91 Å². The number of piperidine rings is 1. The average Bonchev–Trinajstić information content (AvgIpc) is 3.02. The molecule has 1 aromatic heterocycles. The molecule has 0 bridgehead atoms. The summed E-state index contributed by atoms with van der Waals surface area (Å²) in [5.41, 5.74) is 2.10. The number of nitrogens with one attached hydrogen (secondary N) is 1. The second-order valence-electron chi connectivity index (χ2n) is 5.50. The molecule has 1 amide bonds. The lowest BCUT2D eigenvalue weighted by molar-refractivity contribution is -0.116. The Labute approximate surface area is 125 Å². The molecule has 0 unspecified atom stereocenters. The zero-order chi connectivity index (χ0) is 14.5. The van der Waals surface area contributed by atoms with Crippen LogP contribution in [0.3, 0.4) is 0 Å². The third-order valence-electron chi connectivity index (χ3n) is 3.86. The minimum atomic E-state index is -0.00285. The Morgan fingerprint density at radius 2 is 1.67 bits per heavy atom. The summed E-state index contributed by atoms with van der Waals surface area (Å²) >= 11 is 0. The number of hydrogen-bond acceptors (Lipinski definition) is 2. The highest BCUT2D eigenvalue weighted by Crippen LogP contribution is 2.21. The lowest BCUT2D eigenvalue weighted by Crippen LogP contribution is -2.29. The SMILES string of the molecule is O=C(Cn1cccc1)Nc1ccc(N2CCCCC2)cc1. The zero-order valence-electron chi connectivity index (χ0n) is 12.2. The van der Waals surface area contributed by atoms with Crippen molar-refractivity contribution in [3.8, 4) is 0 Å². The third-order valence-corrected chi connectivity index (χ3v) is 3.86. The van der Waals surface area contributed by atoms with Crippen molar-refractivity contribution in [2.45, 2.75) is 25.8 Å². The molecule has 0 radical (unpaired) electrons. The number of nitrogens with zero attached hydrogens (tertiary/aromatic N) is 2. The predicted octanol–water partition coefficient (Wildman–Crippen LogP) is 3.12. The smallest absolute Gasteiger partial charge is 0.244 e. The fourth-order valence-electron chi connectivity index (χ4n) is 2.75. The highest BCUT2D eigenvalue weighted by atomic mass is 16.1. The first-order chi connectivity index (χ1) is 10.3. The van der Waals surface area contributed by atoms with Gasteiger partial charge in [0.25, 0.3) is 0 Å². The molecule has 0 saturated carbocycles. The van der Waals surface area contributed by atoms with Crippen molar-refractivity contribution in [1.29, 1.82) is 0 Å². The van der Waals surface area contributed by atoms with E-state index in [0.717, 1.165) is 18.8 Å². The highest BCUT2D eigenvalue weighted by Gasteiger charge is 2.10. The van der Waals surface area contributed by atoms with Crippen molar-refractivity contribution in [2.24, 2.45) is 0 Å². The maximum atomic E-state index is 11.9. The summed E-state index contributed by atoms with van der Waals surface area (Å²) in [4.78, 5) is 14.3. The molecule has 0 spiro atoms. The quantitative estimate of drug-likeness (QED) is 0.936. The molecule has 2 heterocycles. The second kappa shape index (κ2) is 6.48. The molecular formula is C17H21N3O. The molecule has 0 atom stereocenters. The molecule has 0 aliphatic carbocycles. The van der Waals surface area contributed by atoms with Gasteiger partial charge in [-0.05, 0) is 55.7 Å². The van der Waals surface area contributed by atoms with E-state index in [4.69, 9.17) is 0 Å². The molecule has 1 aliphatic heterocycles. The lowest BCUT2D eigenvalue weighted by Gasteiger charge is -2.28. The van der Waals surface area contributed by atoms with E-state index < -0.39 is 0 Å². The average molecular weight is 283 g/mol. The topological polar surface area (TPSA) is 37.3 Å². The van der Waals surface area contributed by atoms with Crippen LogP contribution in [0.25, 0.3) is 0 Å². The van der Waals surface area contributed by atoms with Gasteiger partial charge in [-0.15, -0.1) is 0 Å². The second-order valence-corrected chi connectivity index (χ2v) is 5.50. The Bertz CT molecular complexity index is 569. The summed E-state index contributed by atoms with van der Waals surface area (Å²) in [5, 5.41) is 2.93. The van der Waals surface area contributed by atoms with Crippen LogP contribution in [0.2, 0.25) is 0 Å². The van der Waals surface area contributed by atoms with Gasteiger partial charge in [0.2, 0.25) is 5.91 Å². The minimum Gasteiger partial charge on any atom is -0.372 e. The number of carbonyl (C=O) groups is 1. The summed E-state index contributed by atoms with van der Waals surface area (Å²) in [5.74, 6) is -0.00285. The van der Waals surface area contributed by atoms with E-state index in [1.165, 1.54) is 24.9 Å². The molecule has 1 saturated heterocycles. The largest absolute Gasteiger partial charge is 0.372 e. The van der Waals surface area contributed by atoms with Crippen molar-refractivity contribution in [3.05, 3.63) is 48.8 Å². The molecule has 4 nitrogen and oxygen atoms in total. The van der Waals surface area contributed by atoms with Gasteiger partial charge in [-0.25, -0.2) is 0 Å². The van der Waals surface area contributed by atoms with Crippen LogP contribution in [0.4, 0.5) is 11.4 Å². The van der Waals surface area contributed by atoms with E-state index in [2.05, 4.69) is 22.3 Å². The zero-order valence-corrected chi connectivity index (χ0v) is 12.2. The standard InChI is InChI=1S/C17H21N3O/c21-17(14-19-10-4-5-11-19)18-15-6-8-16(9-7-15)20-12-2-1-3-13-20/h4-11H,1-3,12-14H2,(H,18,21). The summed E-state index contributed by atoms with van der Waals surface area (Å²) in [6.07, 6.45) is 7.66. The maximum Gasteiger partial charge on any atom is 0.244 e. The van der Waals surface area contributed by atoms with E-state index in [1.54, 1.807) is 0 Å². The number of anilines is 2. The Balaban J connectivity index is 1.57. The van der Waals surface area contributed by atoms with Crippen LogP contribution in [-0.4, -0.2) is 23.6 Å². The molecule has 110 valence electrons. The molecule has 4 heteroatoms. The first kappa shape index (κ1) is 13.7. The van der Waals surface area contributed by atoms with E-state index in [1.807, 2.05) is 41.2 Å². The monoisotopic (exact) mass is 283 g/mol. The van der Waals surface area contributed by atoms with Crippen LogP contribution in [-0.2, 0) is 11.3 Å². The molecule has 2 aromatic rings. The summed E-state index contributed by atoms with van der Waals surface area (Å²) in [6, 6.07) is 12.0. The van der Waals surface area contributed by atoms with Crippen LogP contribution in [0.5, 0.6) is 0 Å². The summed E-state index contributed by atoms with van der Waals surface area (Å²) < 4.78 is 1.86. The van der Waals surface area contributed by atoms with Gasteiger partial charge in [-0.3, -0.25) is 4.79 Å². The van der Waals surface area contributed by atoms with Gasteiger partial charge in [-0.2, -0.15) is 0 Å². The van der Waals surface area contributed by atoms with Crippen LogP contribution in [0.1, 0.15) is 19.3 Å². The van der Waals surface area contributed by atoms with Crippen LogP contribution in [0, 0.1) is 0 Å². The lowest BCUT2D eigenvalue weighted by atomic mass is 10.1. The number of carbonyl (C=O) groups excluding carboxylic acids is 1. The fourth-order valence-corrected chi connectivity index (χ4v) is 2.75. The Morgan fingerprint density at radius 3 is 2.33 bits per heavy atom. The van der Waals surface area contributed by atoms with E-state index >= 15 is 0 Å². The van der Waals surface area contributed by atoms with Crippen LogP contribution < -0.4 is 10.2 Å². The van der Waals surface area contributed by atoms with Gasteiger partial charge in [0, 0.05) is 36.9 Å². The predicted molar refractivity (Wildman–Crippen MR) is 85.6 cm³/mol. The fraction of sp³-hybridized carbons (Fsp3) is 0.353.